The number of aromatic nitrogens is 1. The molecule has 11 heavy (non-hydrogen) atoms. The van der Waals surface area contributed by atoms with Crippen molar-refractivity contribution in [3.05, 3.63) is 17.5 Å². The van der Waals surface area contributed by atoms with Gasteiger partial charge in [-0.05, 0) is 0 Å². The molecule has 0 radical (unpaired) electrons. The van der Waals surface area contributed by atoms with Crippen LogP contribution in [0.3, 0.4) is 0 Å². The van der Waals surface area contributed by atoms with E-state index in [2.05, 4.69) is 9.68 Å². The van der Waals surface area contributed by atoms with Gasteiger partial charge in [-0.25, -0.2) is 0 Å². The fourth-order valence-electron chi connectivity index (χ4n) is 0.607. The van der Waals surface area contributed by atoms with E-state index in [1.165, 1.54) is 19.9 Å². The number of rotatable bonds is 2. The number of hydrogen-bond donors (Lipinski definition) is 0. The zero-order chi connectivity index (χ0) is 8.43. The summed E-state index contributed by atoms with van der Waals surface area (Å²) in [6.45, 7) is 2.71. The Morgan fingerprint density at radius 1 is 1.36 bits per heavy atom. The van der Waals surface area contributed by atoms with Crippen molar-refractivity contribution in [1.82, 2.24) is 5.16 Å². The van der Waals surface area contributed by atoms with Crippen molar-refractivity contribution in [2.24, 2.45) is 0 Å². The standard InChI is InChI=1S/C7H7NO3/c1-4(9)6-3-7(5(2)10)11-8-6/h3H,1-2H3. The highest BCUT2D eigenvalue weighted by atomic mass is 16.5. The van der Waals surface area contributed by atoms with E-state index < -0.39 is 0 Å². The van der Waals surface area contributed by atoms with Gasteiger partial charge in [0.05, 0.1) is 0 Å². The molecule has 0 aliphatic rings. The van der Waals surface area contributed by atoms with Gasteiger partial charge in [0.1, 0.15) is 5.69 Å². The highest BCUT2D eigenvalue weighted by molar-refractivity contribution is 5.96. The monoisotopic (exact) mass is 153 g/mol. The quantitative estimate of drug-likeness (QED) is 0.596. The van der Waals surface area contributed by atoms with Crippen LogP contribution >= 0.6 is 0 Å². The van der Waals surface area contributed by atoms with Gasteiger partial charge in [0.15, 0.2) is 11.6 Å². The normalized spacial score (nSPS) is 9.64. The molecule has 0 saturated carbocycles. The number of carbonyl (C=O) groups is 2. The number of ketones is 2. The topological polar surface area (TPSA) is 60.2 Å². The Morgan fingerprint density at radius 2 is 2.00 bits per heavy atom. The lowest BCUT2D eigenvalue weighted by Gasteiger charge is -1.78. The summed E-state index contributed by atoms with van der Waals surface area (Å²) < 4.78 is 4.57. The minimum Gasteiger partial charge on any atom is -0.352 e. The molecule has 0 saturated heterocycles. The SMILES string of the molecule is CC(=O)c1cc(C(C)=O)on1. The van der Waals surface area contributed by atoms with Gasteiger partial charge < -0.3 is 4.52 Å². The van der Waals surface area contributed by atoms with E-state index in [9.17, 15) is 9.59 Å². The van der Waals surface area contributed by atoms with Gasteiger partial charge in [-0.2, -0.15) is 0 Å². The molecule has 0 N–H and O–H groups in total. The first kappa shape index (κ1) is 7.65. The minimum atomic E-state index is -0.231. The lowest BCUT2D eigenvalue weighted by Crippen LogP contribution is -1.90. The minimum absolute atomic E-state index is 0.121. The van der Waals surface area contributed by atoms with Crippen molar-refractivity contribution in [2.75, 3.05) is 0 Å². The van der Waals surface area contributed by atoms with E-state index in [1.54, 1.807) is 0 Å². The van der Waals surface area contributed by atoms with Crippen molar-refractivity contribution >= 4 is 11.6 Å². The molecule has 0 unspecified atom stereocenters. The van der Waals surface area contributed by atoms with Crippen LogP contribution in [0.5, 0.6) is 0 Å². The summed E-state index contributed by atoms with van der Waals surface area (Å²) in [7, 11) is 0. The molecular weight excluding hydrogens is 146 g/mol. The highest BCUT2D eigenvalue weighted by Crippen LogP contribution is 2.04. The van der Waals surface area contributed by atoms with Crippen molar-refractivity contribution in [2.45, 2.75) is 13.8 Å². The molecule has 0 amide bonds. The van der Waals surface area contributed by atoms with Crippen LogP contribution in [0.15, 0.2) is 10.6 Å². The Bertz CT molecular complexity index is 272. The van der Waals surface area contributed by atoms with Crippen LogP contribution in [0.1, 0.15) is 34.9 Å². The first-order valence-corrected chi connectivity index (χ1v) is 3.10. The summed E-state index contributed by atoms with van der Waals surface area (Å²) in [4.78, 5) is 21.3. The highest BCUT2D eigenvalue weighted by Gasteiger charge is 2.10. The molecular formula is C7H7NO3. The third kappa shape index (κ3) is 1.52. The van der Waals surface area contributed by atoms with E-state index >= 15 is 0 Å². The van der Waals surface area contributed by atoms with Crippen molar-refractivity contribution in [1.29, 1.82) is 0 Å². The average Bonchev–Trinajstić information content (AvgIpc) is 2.33. The van der Waals surface area contributed by atoms with Gasteiger partial charge in [0.2, 0.25) is 5.76 Å². The van der Waals surface area contributed by atoms with E-state index in [0.717, 1.165) is 0 Å². The van der Waals surface area contributed by atoms with E-state index in [1.807, 2.05) is 0 Å². The predicted octanol–water partition coefficient (Wildman–Crippen LogP) is 1.08. The van der Waals surface area contributed by atoms with Crippen LogP contribution in [0.25, 0.3) is 0 Å². The van der Waals surface area contributed by atoms with Crippen molar-refractivity contribution in [3.63, 3.8) is 0 Å². The third-order valence-electron chi connectivity index (χ3n) is 1.22. The fourth-order valence-corrected chi connectivity index (χ4v) is 0.607. The second-order valence-corrected chi connectivity index (χ2v) is 2.19. The molecule has 1 aromatic heterocycles. The van der Waals surface area contributed by atoms with E-state index in [4.69, 9.17) is 0 Å². The van der Waals surface area contributed by atoms with Gasteiger partial charge >= 0.3 is 0 Å². The smallest absolute Gasteiger partial charge is 0.202 e. The summed E-state index contributed by atoms with van der Waals surface area (Å²) in [5, 5.41) is 3.39. The lowest BCUT2D eigenvalue weighted by atomic mass is 10.2. The average molecular weight is 153 g/mol. The van der Waals surface area contributed by atoms with Gasteiger partial charge in [-0.3, -0.25) is 9.59 Å². The molecule has 1 heterocycles. The first-order valence-electron chi connectivity index (χ1n) is 3.10. The Labute approximate surface area is 63.2 Å². The largest absolute Gasteiger partial charge is 0.352 e. The molecule has 1 aromatic rings. The molecule has 0 atom stereocenters. The zero-order valence-electron chi connectivity index (χ0n) is 6.25. The first-order chi connectivity index (χ1) is 5.11. The zero-order valence-corrected chi connectivity index (χ0v) is 6.25. The van der Waals surface area contributed by atoms with Crippen LogP contribution in [0, 0.1) is 0 Å². The molecule has 0 spiro atoms. The van der Waals surface area contributed by atoms with Gasteiger partial charge in [-0.1, -0.05) is 5.16 Å². The summed E-state index contributed by atoms with van der Waals surface area (Å²) >= 11 is 0. The maximum Gasteiger partial charge on any atom is 0.202 e. The molecule has 0 bridgehead atoms. The van der Waals surface area contributed by atoms with Crippen molar-refractivity contribution in [3.8, 4) is 0 Å². The molecule has 4 nitrogen and oxygen atoms in total. The summed E-state index contributed by atoms with van der Waals surface area (Å²) in [5.41, 5.74) is 0.190. The second kappa shape index (κ2) is 2.65. The van der Waals surface area contributed by atoms with E-state index in [0.29, 0.717) is 0 Å². The van der Waals surface area contributed by atoms with Crippen LogP contribution in [-0.2, 0) is 0 Å². The van der Waals surface area contributed by atoms with Gasteiger partial charge in [0, 0.05) is 19.9 Å². The number of Topliss-reactive ketones (excluding diaryl/α,β-unsaturated/α-hetero) is 2. The molecule has 0 aliphatic carbocycles. The summed E-state index contributed by atoms with van der Waals surface area (Å²) in [6.07, 6.45) is 0. The van der Waals surface area contributed by atoms with Gasteiger partial charge in [0.25, 0.3) is 0 Å². The number of carbonyl (C=O) groups excluding carboxylic acids is 2. The molecule has 0 fully saturated rings. The number of nitrogens with zero attached hydrogens (tertiary/aromatic N) is 1. The molecule has 0 aliphatic heterocycles. The maximum atomic E-state index is 10.6. The molecule has 58 valence electrons. The predicted molar refractivity (Wildman–Crippen MR) is 36.5 cm³/mol. The van der Waals surface area contributed by atoms with Crippen LogP contribution < -0.4 is 0 Å². The molecule has 4 heteroatoms. The van der Waals surface area contributed by atoms with E-state index in [-0.39, 0.29) is 23.0 Å². The Balaban J connectivity index is 2.99. The lowest BCUT2D eigenvalue weighted by molar-refractivity contribution is 0.0970. The Morgan fingerprint density at radius 3 is 2.27 bits per heavy atom. The molecule has 0 aromatic carbocycles. The van der Waals surface area contributed by atoms with Crippen molar-refractivity contribution < 1.29 is 14.1 Å². The van der Waals surface area contributed by atoms with Crippen LogP contribution in [-0.4, -0.2) is 16.7 Å². The van der Waals surface area contributed by atoms with Crippen LogP contribution in [0.2, 0.25) is 0 Å². The van der Waals surface area contributed by atoms with Gasteiger partial charge in [-0.15, -0.1) is 0 Å². The third-order valence-corrected chi connectivity index (χ3v) is 1.22. The molecule has 1 rings (SSSR count). The van der Waals surface area contributed by atoms with Crippen LogP contribution in [0.4, 0.5) is 0 Å². The maximum absolute atomic E-state index is 10.6. The second-order valence-electron chi connectivity index (χ2n) is 2.19. The fraction of sp³-hybridized carbons (Fsp3) is 0.286. The summed E-state index contributed by atoms with van der Waals surface area (Å²) in [5.74, 6) is -0.318. The summed E-state index contributed by atoms with van der Waals surface area (Å²) in [6, 6.07) is 1.34. The Hall–Kier alpha value is -1.45. The number of hydrogen-bond acceptors (Lipinski definition) is 4. The Kier molecular flexibility index (Phi) is 1.85.